The second-order valence-corrected chi connectivity index (χ2v) is 4.48. The zero-order chi connectivity index (χ0) is 9.71. The van der Waals surface area contributed by atoms with Gasteiger partial charge >= 0.3 is 0 Å². The highest BCUT2D eigenvalue weighted by molar-refractivity contribution is 5.99. The van der Waals surface area contributed by atoms with E-state index < -0.39 is 0 Å². The predicted octanol–water partition coefficient (Wildman–Crippen LogP) is 1.35. The molecule has 0 aliphatic heterocycles. The maximum Gasteiger partial charge on any atom is 0.166 e. The van der Waals surface area contributed by atoms with Gasteiger partial charge in [0, 0.05) is 35.8 Å². The number of ketones is 1. The topological polar surface area (TPSA) is 58.9 Å². The highest BCUT2D eigenvalue weighted by atomic mass is 16.1. The van der Waals surface area contributed by atoms with Gasteiger partial charge in [-0.2, -0.15) is 0 Å². The molecule has 3 N–H and O–H groups in total. The van der Waals surface area contributed by atoms with Gasteiger partial charge in [-0.3, -0.25) is 4.79 Å². The predicted molar refractivity (Wildman–Crippen MR) is 53.4 cm³/mol. The van der Waals surface area contributed by atoms with Crippen molar-refractivity contribution in [2.24, 2.45) is 5.73 Å². The van der Waals surface area contributed by atoms with Gasteiger partial charge in [0.25, 0.3) is 0 Å². The Balaban J connectivity index is 2.01. The van der Waals surface area contributed by atoms with Gasteiger partial charge in [-0.15, -0.1) is 0 Å². The lowest BCUT2D eigenvalue weighted by Gasteiger charge is -2.16. The van der Waals surface area contributed by atoms with E-state index in [-0.39, 0.29) is 11.8 Å². The summed E-state index contributed by atoms with van der Waals surface area (Å²) in [6, 6.07) is 2.06. The number of fused-ring (bicyclic) bond motifs is 1. The Morgan fingerprint density at radius 1 is 1.36 bits per heavy atom. The van der Waals surface area contributed by atoms with Crippen LogP contribution in [-0.4, -0.2) is 16.8 Å². The standard InChI is InChI=1S/C11H14N2O/c12-7-3-10-8(11(14)4-7)5-9(13-10)6-1-2-6/h5-7,13H,1-4,12H2. The number of hydrogen-bond acceptors (Lipinski definition) is 2. The van der Waals surface area contributed by atoms with Crippen LogP contribution < -0.4 is 5.73 Å². The normalized spacial score (nSPS) is 26.4. The summed E-state index contributed by atoms with van der Waals surface area (Å²) in [5, 5.41) is 0. The van der Waals surface area contributed by atoms with Crippen molar-refractivity contribution in [3.8, 4) is 0 Å². The van der Waals surface area contributed by atoms with Crippen LogP contribution in [0.2, 0.25) is 0 Å². The van der Waals surface area contributed by atoms with Crippen molar-refractivity contribution < 1.29 is 4.79 Å². The van der Waals surface area contributed by atoms with Crippen LogP contribution in [0.3, 0.4) is 0 Å². The van der Waals surface area contributed by atoms with E-state index in [0.717, 1.165) is 17.7 Å². The summed E-state index contributed by atoms with van der Waals surface area (Å²) in [4.78, 5) is 15.0. The molecule has 1 saturated carbocycles. The molecule has 0 saturated heterocycles. The van der Waals surface area contributed by atoms with E-state index in [0.29, 0.717) is 12.3 Å². The van der Waals surface area contributed by atoms with E-state index in [1.165, 1.54) is 18.5 Å². The monoisotopic (exact) mass is 190 g/mol. The molecule has 1 aromatic heterocycles. The van der Waals surface area contributed by atoms with E-state index in [9.17, 15) is 4.79 Å². The molecule has 74 valence electrons. The Kier molecular flexibility index (Phi) is 1.59. The lowest BCUT2D eigenvalue weighted by atomic mass is 9.93. The quantitative estimate of drug-likeness (QED) is 0.702. The molecule has 3 rings (SSSR count). The van der Waals surface area contributed by atoms with Gasteiger partial charge in [0.05, 0.1) is 0 Å². The van der Waals surface area contributed by atoms with E-state index >= 15 is 0 Å². The Bertz CT molecular complexity index is 390. The van der Waals surface area contributed by atoms with Gasteiger partial charge in [0.2, 0.25) is 0 Å². The van der Waals surface area contributed by atoms with Crippen molar-refractivity contribution in [3.63, 3.8) is 0 Å². The number of nitrogens with one attached hydrogen (secondary N) is 1. The smallest absolute Gasteiger partial charge is 0.166 e. The molecule has 14 heavy (non-hydrogen) atoms. The van der Waals surface area contributed by atoms with E-state index in [2.05, 4.69) is 4.98 Å². The van der Waals surface area contributed by atoms with Crippen molar-refractivity contribution in [3.05, 3.63) is 23.0 Å². The molecule has 0 bridgehead atoms. The third-order valence-corrected chi connectivity index (χ3v) is 3.15. The third-order valence-electron chi connectivity index (χ3n) is 3.15. The number of carbonyl (C=O) groups is 1. The largest absolute Gasteiger partial charge is 0.361 e. The number of H-pyrrole nitrogens is 1. The summed E-state index contributed by atoms with van der Waals surface area (Å²) in [6.07, 6.45) is 3.86. The summed E-state index contributed by atoms with van der Waals surface area (Å²) in [5.41, 5.74) is 9.01. The van der Waals surface area contributed by atoms with Gasteiger partial charge in [0.1, 0.15) is 0 Å². The van der Waals surface area contributed by atoms with Crippen molar-refractivity contribution >= 4 is 5.78 Å². The average Bonchev–Trinajstić information content (AvgIpc) is 2.87. The molecule has 1 atom stereocenters. The molecule has 3 heteroatoms. The number of Topliss-reactive ketones (excluding diaryl/α,β-unsaturated/α-hetero) is 1. The highest BCUT2D eigenvalue weighted by Crippen LogP contribution is 2.40. The van der Waals surface area contributed by atoms with Crippen LogP contribution in [0, 0.1) is 0 Å². The molecular formula is C11H14N2O. The molecule has 1 aromatic rings. The Hall–Kier alpha value is -1.09. The van der Waals surface area contributed by atoms with Crippen LogP contribution in [0.5, 0.6) is 0 Å². The number of nitrogens with two attached hydrogens (primary N) is 1. The summed E-state index contributed by atoms with van der Waals surface area (Å²) in [7, 11) is 0. The molecule has 2 aliphatic carbocycles. The first kappa shape index (κ1) is 8.24. The van der Waals surface area contributed by atoms with E-state index in [4.69, 9.17) is 5.73 Å². The third kappa shape index (κ3) is 1.20. The Morgan fingerprint density at radius 2 is 2.14 bits per heavy atom. The number of rotatable bonds is 1. The SMILES string of the molecule is NC1CC(=O)c2cc(C3CC3)[nH]c2C1. The summed E-state index contributed by atoms with van der Waals surface area (Å²) in [5.74, 6) is 0.895. The summed E-state index contributed by atoms with van der Waals surface area (Å²) in [6.45, 7) is 0. The molecule has 0 aromatic carbocycles. The molecule has 1 unspecified atom stereocenters. The molecule has 0 spiro atoms. The first-order valence-electron chi connectivity index (χ1n) is 5.24. The summed E-state index contributed by atoms with van der Waals surface area (Å²) >= 11 is 0. The van der Waals surface area contributed by atoms with E-state index in [1.54, 1.807) is 0 Å². The molecule has 3 nitrogen and oxygen atoms in total. The van der Waals surface area contributed by atoms with Crippen LogP contribution in [0.1, 0.15) is 46.9 Å². The fourth-order valence-corrected chi connectivity index (χ4v) is 2.23. The van der Waals surface area contributed by atoms with Gasteiger partial charge in [-0.05, 0) is 24.8 Å². The molecule has 2 aliphatic rings. The van der Waals surface area contributed by atoms with Crippen molar-refractivity contribution in [2.45, 2.75) is 37.6 Å². The molecule has 0 amide bonds. The summed E-state index contributed by atoms with van der Waals surface area (Å²) < 4.78 is 0. The van der Waals surface area contributed by atoms with Crippen LogP contribution in [0.4, 0.5) is 0 Å². The fourth-order valence-electron chi connectivity index (χ4n) is 2.23. The average molecular weight is 190 g/mol. The zero-order valence-corrected chi connectivity index (χ0v) is 8.05. The van der Waals surface area contributed by atoms with Crippen molar-refractivity contribution in [1.82, 2.24) is 4.98 Å². The molecule has 1 fully saturated rings. The Labute approximate surface area is 82.7 Å². The van der Waals surface area contributed by atoms with Crippen LogP contribution in [0.25, 0.3) is 0 Å². The lowest BCUT2D eigenvalue weighted by molar-refractivity contribution is 0.0965. The number of aromatic amines is 1. The molecule has 0 radical (unpaired) electrons. The zero-order valence-electron chi connectivity index (χ0n) is 8.05. The first-order valence-corrected chi connectivity index (χ1v) is 5.24. The fraction of sp³-hybridized carbons (Fsp3) is 0.545. The maximum atomic E-state index is 11.7. The second kappa shape index (κ2) is 2.70. The van der Waals surface area contributed by atoms with Crippen LogP contribution in [0.15, 0.2) is 6.07 Å². The van der Waals surface area contributed by atoms with Crippen molar-refractivity contribution in [2.75, 3.05) is 0 Å². The molecule has 1 heterocycles. The maximum absolute atomic E-state index is 11.7. The van der Waals surface area contributed by atoms with Gasteiger partial charge < -0.3 is 10.7 Å². The second-order valence-electron chi connectivity index (χ2n) is 4.48. The lowest BCUT2D eigenvalue weighted by Crippen LogP contribution is -2.31. The first-order chi connectivity index (χ1) is 6.74. The van der Waals surface area contributed by atoms with Gasteiger partial charge in [0.15, 0.2) is 5.78 Å². The van der Waals surface area contributed by atoms with Gasteiger partial charge in [-0.25, -0.2) is 0 Å². The minimum Gasteiger partial charge on any atom is -0.361 e. The number of hydrogen-bond donors (Lipinski definition) is 2. The molecular weight excluding hydrogens is 176 g/mol. The Morgan fingerprint density at radius 3 is 2.86 bits per heavy atom. The number of aromatic nitrogens is 1. The van der Waals surface area contributed by atoms with Crippen molar-refractivity contribution in [1.29, 1.82) is 0 Å². The minimum atomic E-state index is 0.0145. The number of carbonyl (C=O) groups excluding carboxylic acids is 1. The van der Waals surface area contributed by atoms with Crippen LogP contribution in [-0.2, 0) is 6.42 Å². The highest BCUT2D eigenvalue weighted by Gasteiger charge is 2.30. The van der Waals surface area contributed by atoms with Gasteiger partial charge in [-0.1, -0.05) is 0 Å². The van der Waals surface area contributed by atoms with Crippen LogP contribution >= 0.6 is 0 Å². The minimum absolute atomic E-state index is 0.0145. The van der Waals surface area contributed by atoms with E-state index in [1.807, 2.05) is 6.07 Å².